The molecule has 1 aromatic carbocycles. The lowest BCUT2D eigenvalue weighted by molar-refractivity contribution is -0.130. The monoisotopic (exact) mass is 370 g/mol. The van der Waals surface area contributed by atoms with E-state index >= 15 is 0 Å². The Hall–Kier alpha value is -1.88. The molecule has 27 heavy (non-hydrogen) atoms. The summed E-state index contributed by atoms with van der Waals surface area (Å²) in [7, 11) is 0. The summed E-state index contributed by atoms with van der Waals surface area (Å²) in [6, 6.07) is 8.13. The summed E-state index contributed by atoms with van der Waals surface area (Å²) >= 11 is 0. The van der Waals surface area contributed by atoms with E-state index in [9.17, 15) is 9.59 Å². The molecule has 1 unspecified atom stereocenters. The number of carbonyl (C=O) groups excluding carboxylic acids is 2. The standard InChI is InChI=1S/C22H30N2O3/c1-16-2-4-17(5-3-16)12-20(25)24-14-19(21(26)23-13-18-6-7-18)22(15-24)8-10-27-11-9-22/h2-5,18-19H,6-15H2,1H3,(H,23,26). The van der Waals surface area contributed by atoms with Gasteiger partial charge in [0.1, 0.15) is 0 Å². The molecule has 3 aliphatic rings. The predicted molar refractivity (Wildman–Crippen MR) is 103 cm³/mol. The Labute approximate surface area is 161 Å². The van der Waals surface area contributed by atoms with E-state index in [0.29, 0.717) is 38.6 Å². The fraction of sp³-hybridized carbons (Fsp3) is 0.636. The van der Waals surface area contributed by atoms with Crippen LogP contribution >= 0.6 is 0 Å². The largest absolute Gasteiger partial charge is 0.381 e. The van der Waals surface area contributed by atoms with Gasteiger partial charge in [0.25, 0.3) is 0 Å². The van der Waals surface area contributed by atoms with Crippen LogP contribution in [0.3, 0.4) is 0 Å². The van der Waals surface area contributed by atoms with E-state index in [1.807, 2.05) is 36.1 Å². The van der Waals surface area contributed by atoms with E-state index in [1.165, 1.54) is 18.4 Å². The Bertz CT molecular complexity index is 690. The minimum Gasteiger partial charge on any atom is -0.381 e. The van der Waals surface area contributed by atoms with Gasteiger partial charge in [0.05, 0.1) is 12.3 Å². The van der Waals surface area contributed by atoms with Gasteiger partial charge in [-0.1, -0.05) is 29.8 Å². The van der Waals surface area contributed by atoms with Crippen molar-refractivity contribution in [2.75, 3.05) is 32.8 Å². The Morgan fingerprint density at radius 1 is 1.19 bits per heavy atom. The number of nitrogens with one attached hydrogen (secondary N) is 1. The molecule has 2 amide bonds. The highest BCUT2D eigenvalue weighted by atomic mass is 16.5. The lowest BCUT2D eigenvalue weighted by Crippen LogP contribution is -2.44. The quantitative estimate of drug-likeness (QED) is 0.865. The van der Waals surface area contributed by atoms with E-state index in [-0.39, 0.29) is 23.1 Å². The molecule has 146 valence electrons. The number of nitrogens with zero attached hydrogens (tertiary/aromatic N) is 1. The highest BCUT2D eigenvalue weighted by Crippen LogP contribution is 2.44. The summed E-state index contributed by atoms with van der Waals surface area (Å²) in [5, 5.41) is 3.16. The first kappa shape index (κ1) is 18.5. The lowest BCUT2D eigenvalue weighted by atomic mass is 9.71. The van der Waals surface area contributed by atoms with Crippen molar-refractivity contribution in [3.8, 4) is 0 Å². The molecule has 0 aromatic heterocycles. The average Bonchev–Trinajstić information content (AvgIpc) is 3.43. The minimum absolute atomic E-state index is 0.109. The van der Waals surface area contributed by atoms with Gasteiger partial charge in [0, 0.05) is 38.3 Å². The molecule has 1 saturated carbocycles. The molecule has 1 aromatic rings. The summed E-state index contributed by atoms with van der Waals surface area (Å²) in [6.07, 6.45) is 4.59. The molecular formula is C22H30N2O3. The van der Waals surface area contributed by atoms with Gasteiger partial charge in [0.2, 0.25) is 11.8 Å². The van der Waals surface area contributed by atoms with Crippen LogP contribution in [0, 0.1) is 24.2 Å². The maximum atomic E-state index is 12.9. The van der Waals surface area contributed by atoms with Crippen molar-refractivity contribution in [3.63, 3.8) is 0 Å². The third-order valence-electron chi connectivity index (χ3n) is 6.54. The van der Waals surface area contributed by atoms with Crippen LogP contribution in [0.4, 0.5) is 0 Å². The topological polar surface area (TPSA) is 58.6 Å². The molecule has 1 aliphatic carbocycles. The first-order valence-electron chi connectivity index (χ1n) is 10.2. The molecule has 1 atom stereocenters. The van der Waals surface area contributed by atoms with Gasteiger partial charge in [-0.15, -0.1) is 0 Å². The number of aryl methyl sites for hydroxylation is 1. The number of rotatable bonds is 5. The van der Waals surface area contributed by atoms with Crippen LogP contribution in [0.25, 0.3) is 0 Å². The SMILES string of the molecule is Cc1ccc(CC(=O)N2CC(C(=O)NCC3CC3)C3(CCOCC3)C2)cc1. The molecule has 5 nitrogen and oxygen atoms in total. The van der Waals surface area contributed by atoms with Crippen LogP contribution in [0.2, 0.25) is 0 Å². The highest BCUT2D eigenvalue weighted by Gasteiger charge is 2.51. The van der Waals surface area contributed by atoms with Gasteiger partial charge in [-0.2, -0.15) is 0 Å². The zero-order valence-electron chi connectivity index (χ0n) is 16.2. The lowest BCUT2D eigenvalue weighted by Gasteiger charge is -2.37. The second-order valence-corrected chi connectivity index (χ2v) is 8.65. The average molecular weight is 370 g/mol. The first-order chi connectivity index (χ1) is 13.1. The van der Waals surface area contributed by atoms with Crippen LogP contribution in [0.15, 0.2) is 24.3 Å². The first-order valence-corrected chi connectivity index (χ1v) is 10.2. The van der Waals surface area contributed by atoms with Crippen LogP contribution in [-0.4, -0.2) is 49.6 Å². The Balaban J connectivity index is 1.44. The maximum absolute atomic E-state index is 12.9. The highest BCUT2D eigenvalue weighted by molar-refractivity contribution is 5.84. The second-order valence-electron chi connectivity index (χ2n) is 8.65. The number of hydrogen-bond acceptors (Lipinski definition) is 3. The number of carbonyl (C=O) groups is 2. The molecule has 0 radical (unpaired) electrons. The molecule has 5 heteroatoms. The van der Waals surface area contributed by atoms with E-state index < -0.39 is 0 Å². The van der Waals surface area contributed by atoms with Crippen molar-refractivity contribution in [1.82, 2.24) is 10.2 Å². The van der Waals surface area contributed by atoms with E-state index in [0.717, 1.165) is 24.9 Å². The predicted octanol–water partition coefficient (Wildman–Crippen LogP) is 2.32. The Morgan fingerprint density at radius 3 is 2.56 bits per heavy atom. The van der Waals surface area contributed by atoms with Crippen LogP contribution in [0.5, 0.6) is 0 Å². The van der Waals surface area contributed by atoms with Crippen molar-refractivity contribution in [2.24, 2.45) is 17.3 Å². The fourth-order valence-electron chi connectivity index (χ4n) is 4.49. The molecule has 2 aliphatic heterocycles. The third-order valence-corrected chi connectivity index (χ3v) is 6.54. The van der Waals surface area contributed by atoms with E-state index in [1.54, 1.807) is 0 Å². The molecular weight excluding hydrogens is 340 g/mol. The van der Waals surface area contributed by atoms with Gasteiger partial charge >= 0.3 is 0 Å². The Kier molecular flexibility index (Phi) is 5.22. The number of ether oxygens (including phenoxy) is 1. The normalized spacial score (nSPS) is 24.2. The number of hydrogen-bond donors (Lipinski definition) is 1. The molecule has 1 spiro atoms. The van der Waals surface area contributed by atoms with Crippen LogP contribution in [-0.2, 0) is 20.7 Å². The molecule has 4 rings (SSSR count). The van der Waals surface area contributed by atoms with Gasteiger partial charge in [-0.25, -0.2) is 0 Å². The number of likely N-dealkylation sites (tertiary alicyclic amines) is 1. The summed E-state index contributed by atoms with van der Waals surface area (Å²) in [6.45, 7) is 5.44. The van der Waals surface area contributed by atoms with Gasteiger partial charge < -0.3 is 15.0 Å². The molecule has 1 N–H and O–H groups in total. The van der Waals surface area contributed by atoms with Crippen LogP contribution in [0.1, 0.15) is 36.8 Å². The fourth-order valence-corrected chi connectivity index (χ4v) is 4.49. The third kappa shape index (κ3) is 4.18. The van der Waals surface area contributed by atoms with E-state index in [4.69, 9.17) is 4.74 Å². The molecule has 2 saturated heterocycles. The molecule has 0 bridgehead atoms. The summed E-state index contributed by atoms with van der Waals surface area (Å²) < 4.78 is 5.56. The molecule has 3 fully saturated rings. The molecule has 2 heterocycles. The summed E-state index contributed by atoms with van der Waals surface area (Å²) in [5.74, 6) is 0.819. The van der Waals surface area contributed by atoms with Crippen LogP contribution < -0.4 is 5.32 Å². The van der Waals surface area contributed by atoms with Gasteiger partial charge in [-0.3, -0.25) is 9.59 Å². The second kappa shape index (κ2) is 7.63. The van der Waals surface area contributed by atoms with Gasteiger partial charge in [0.15, 0.2) is 0 Å². The summed E-state index contributed by atoms with van der Waals surface area (Å²) in [5.41, 5.74) is 2.11. The number of amides is 2. The zero-order valence-corrected chi connectivity index (χ0v) is 16.2. The van der Waals surface area contributed by atoms with Crippen molar-refractivity contribution in [3.05, 3.63) is 35.4 Å². The summed E-state index contributed by atoms with van der Waals surface area (Å²) in [4.78, 5) is 27.8. The van der Waals surface area contributed by atoms with E-state index in [2.05, 4.69) is 5.32 Å². The van der Waals surface area contributed by atoms with Crippen molar-refractivity contribution in [2.45, 2.75) is 39.0 Å². The van der Waals surface area contributed by atoms with Crippen molar-refractivity contribution in [1.29, 1.82) is 0 Å². The Morgan fingerprint density at radius 2 is 1.89 bits per heavy atom. The number of benzene rings is 1. The smallest absolute Gasteiger partial charge is 0.227 e. The van der Waals surface area contributed by atoms with Crippen molar-refractivity contribution < 1.29 is 14.3 Å². The minimum atomic E-state index is -0.116. The maximum Gasteiger partial charge on any atom is 0.227 e. The van der Waals surface area contributed by atoms with Crippen molar-refractivity contribution >= 4 is 11.8 Å². The van der Waals surface area contributed by atoms with Gasteiger partial charge in [-0.05, 0) is 44.1 Å². The zero-order chi connectivity index (χ0) is 18.9.